The van der Waals surface area contributed by atoms with E-state index in [0.29, 0.717) is 5.69 Å². The van der Waals surface area contributed by atoms with Gasteiger partial charge in [-0.1, -0.05) is 24.3 Å². The normalized spacial score (nSPS) is 11.2. The predicted octanol–water partition coefficient (Wildman–Crippen LogP) is 5.03. The largest absolute Gasteiger partial charge is 0.321 e. The Hall–Kier alpha value is -2.75. The maximum Gasteiger partial charge on any atom is 0.266 e. The highest BCUT2D eigenvalue weighted by Crippen LogP contribution is 2.28. The second-order valence-electron chi connectivity index (χ2n) is 5.45. The maximum absolute atomic E-state index is 12.5. The van der Waals surface area contributed by atoms with Crippen LogP contribution < -0.4 is 5.32 Å². The van der Waals surface area contributed by atoms with Crippen LogP contribution in [-0.4, -0.2) is 10.9 Å². The summed E-state index contributed by atoms with van der Waals surface area (Å²) < 4.78 is 0. The molecule has 2 aromatic heterocycles. The number of nitrogens with one attached hydrogen (secondary N) is 1. The molecule has 0 aliphatic rings. The molecule has 0 radical (unpaired) electrons. The molecule has 0 fully saturated rings. The smallest absolute Gasteiger partial charge is 0.266 e. The van der Waals surface area contributed by atoms with Crippen molar-refractivity contribution in [1.82, 2.24) is 4.98 Å². The van der Waals surface area contributed by atoms with Gasteiger partial charge in [0.05, 0.1) is 10.6 Å². The van der Waals surface area contributed by atoms with Crippen molar-refractivity contribution in [3.05, 3.63) is 63.5 Å². The lowest BCUT2D eigenvalue weighted by atomic mass is 10.1. The molecule has 0 unspecified atom stereocenters. The van der Waals surface area contributed by atoms with Gasteiger partial charge >= 0.3 is 0 Å². The van der Waals surface area contributed by atoms with Crippen LogP contribution in [0.25, 0.3) is 16.0 Å². The lowest BCUT2D eigenvalue weighted by Crippen LogP contribution is -2.15. The Morgan fingerprint density at radius 1 is 1.20 bits per heavy atom. The molecule has 25 heavy (non-hydrogen) atoms. The Kier molecular flexibility index (Phi) is 5.08. The van der Waals surface area contributed by atoms with Gasteiger partial charge < -0.3 is 5.32 Å². The van der Waals surface area contributed by atoms with Crippen LogP contribution in [0.2, 0.25) is 0 Å². The van der Waals surface area contributed by atoms with Crippen molar-refractivity contribution in [3.8, 4) is 16.0 Å². The number of carbonyl (C=O) groups excluding carboxylic acids is 1. The van der Waals surface area contributed by atoms with Gasteiger partial charge in [0.1, 0.15) is 16.6 Å². The first kappa shape index (κ1) is 17.1. The number of anilines is 1. The van der Waals surface area contributed by atoms with Crippen molar-refractivity contribution in [2.75, 3.05) is 5.32 Å². The molecule has 1 N–H and O–H groups in total. The second-order valence-corrected chi connectivity index (χ2v) is 7.25. The average molecular weight is 365 g/mol. The number of para-hydroxylation sites is 1. The van der Waals surface area contributed by atoms with Crippen LogP contribution in [0.4, 0.5) is 5.69 Å². The van der Waals surface area contributed by atoms with Gasteiger partial charge in [-0.05, 0) is 42.5 Å². The summed E-state index contributed by atoms with van der Waals surface area (Å²) in [7, 11) is 0. The molecule has 4 nitrogen and oxygen atoms in total. The third kappa shape index (κ3) is 3.85. The molecule has 0 aliphatic heterocycles. The Morgan fingerprint density at radius 2 is 1.96 bits per heavy atom. The highest BCUT2D eigenvalue weighted by atomic mass is 32.1. The average Bonchev–Trinajstić information content (AvgIpc) is 3.27. The van der Waals surface area contributed by atoms with Crippen LogP contribution in [-0.2, 0) is 4.79 Å². The van der Waals surface area contributed by atoms with Crippen LogP contribution in [0.3, 0.4) is 0 Å². The zero-order valence-corrected chi connectivity index (χ0v) is 15.4. The highest BCUT2D eigenvalue weighted by molar-refractivity contribution is 7.20. The number of benzene rings is 1. The molecule has 2 heterocycles. The molecule has 0 spiro atoms. The van der Waals surface area contributed by atoms with Crippen LogP contribution in [0.5, 0.6) is 0 Å². The minimum Gasteiger partial charge on any atom is -0.321 e. The molecule has 6 heteroatoms. The molecule has 124 valence electrons. The molecule has 1 amide bonds. The van der Waals surface area contributed by atoms with Gasteiger partial charge in [0.25, 0.3) is 5.91 Å². The maximum atomic E-state index is 12.5. The van der Waals surface area contributed by atoms with Gasteiger partial charge in [-0.15, -0.1) is 22.7 Å². The number of rotatable bonds is 4. The number of aryl methyl sites for hydroxylation is 2. The van der Waals surface area contributed by atoms with Crippen LogP contribution in [0.1, 0.15) is 16.8 Å². The van der Waals surface area contributed by atoms with Gasteiger partial charge in [-0.2, -0.15) is 5.26 Å². The topological polar surface area (TPSA) is 65.8 Å². The lowest BCUT2D eigenvalue weighted by molar-refractivity contribution is -0.112. The number of thiophene rings is 1. The van der Waals surface area contributed by atoms with Crippen LogP contribution in [0, 0.1) is 25.2 Å². The lowest BCUT2D eigenvalue weighted by Gasteiger charge is -2.10. The van der Waals surface area contributed by atoms with Crippen LogP contribution >= 0.6 is 22.7 Å². The van der Waals surface area contributed by atoms with Gasteiger partial charge in [-0.25, -0.2) is 4.98 Å². The summed E-state index contributed by atoms with van der Waals surface area (Å²) >= 11 is 3.10. The number of hydrogen-bond acceptors (Lipinski definition) is 5. The molecule has 0 bridgehead atoms. The van der Waals surface area contributed by atoms with E-state index in [-0.39, 0.29) is 5.57 Å². The summed E-state index contributed by atoms with van der Waals surface area (Å²) in [5.74, 6) is -0.425. The third-order valence-corrected chi connectivity index (χ3v) is 5.53. The fraction of sp³-hybridized carbons (Fsp3) is 0.105. The molecule has 3 aromatic rings. The van der Waals surface area contributed by atoms with Gasteiger partial charge in [0.2, 0.25) is 0 Å². The van der Waals surface area contributed by atoms with E-state index in [1.165, 1.54) is 17.4 Å². The molecule has 0 saturated carbocycles. The van der Waals surface area contributed by atoms with Crippen molar-refractivity contribution in [3.63, 3.8) is 0 Å². The number of nitrogens with zero attached hydrogens (tertiary/aromatic N) is 2. The zero-order valence-electron chi connectivity index (χ0n) is 13.7. The number of amides is 1. The summed E-state index contributed by atoms with van der Waals surface area (Å²) in [5, 5.41) is 16.9. The van der Waals surface area contributed by atoms with E-state index in [9.17, 15) is 10.1 Å². The Labute approximate surface area is 154 Å². The van der Waals surface area contributed by atoms with E-state index >= 15 is 0 Å². The van der Waals surface area contributed by atoms with Crippen molar-refractivity contribution in [2.45, 2.75) is 13.8 Å². The monoisotopic (exact) mass is 365 g/mol. The predicted molar refractivity (Wildman–Crippen MR) is 104 cm³/mol. The fourth-order valence-electron chi connectivity index (χ4n) is 2.35. The van der Waals surface area contributed by atoms with Crippen LogP contribution in [0.15, 0.2) is 46.7 Å². The second kappa shape index (κ2) is 7.43. The summed E-state index contributed by atoms with van der Waals surface area (Å²) in [6.07, 6.45) is 1.52. The summed E-state index contributed by atoms with van der Waals surface area (Å²) in [4.78, 5) is 18.0. The number of carbonyl (C=O) groups is 1. The zero-order chi connectivity index (χ0) is 17.8. The van der Waals surface area contributed by atoms with E-state index < -0.39 is 5.91 Å². The summed E-state index contributed by atoms with van der Waals surface area (Å²) in [6.45, 7) is 3.85. The molecule has 0 saturated heterocycles. The minimum atomic E-state index is -0.425. The molecule has 0 atom stereocenters. The van der Waals surface area contributed by atoms with Crippen molar-refractivity contribution in [2.24, 2.45) is 0 Å². The molecule has 3 rings (SSSR count). The molecular formula is C19H15N3OS2. The quantitative estimate of drug-likeness (QED) is 0.521. The first-order chi connectivity index (χ1) is 12.1. The van der Waals surface area contributed by atoms with E-state index in [0.717, 1.165) is 26.7 Å². The number of thiazole rings is 1. The van der Waals surface area contributed by atoms with Crippen molar-refractivity contribution >= 4 is 40.3 Å². The summed E-state index contributed by atoms with van der Waals surface area (Å²) in [6, 6.07) is 11.7. The SMILES string of the molecule is Cc1cccc(C)c1NC(=O)/C(C#N)=C\c1csc(-c2cccs2)n1. The van der Waals surface area contributed by atoms with E-state index in [2.05, 4.69) is 10.3 Å². The standard InChI is InChI=1S/C19H15N3OS2/c1-12-5-3-6-13(2)17(12)22-18(23)14(10-20)9-15-11-25-19(21-15)16-7-4-8-24-16/h3-9,11H,1-2H3,(H,22,23)/b14-9-. The molecule has 1 aromatic carbocycles. The summed E-state index contributed by atoms with van der Waals surface area (Å²) in [5.41, 5.74) is 3.30. The van der Waals surface area contributed by atoms with E-state index in [1.54, 1.807) is 11.3 Å². The molecule has 0 aliphatic carbocycles. The Balaban J connectivity index is 1.83. The van der Waals surface area contributed by atoms with Gasteiger partial charge in [-0.3, -0.25) is 4.79 Å². The van der Waals surface area contributed by atoms with Crippen molar-refractivity contribution < 1.29 is 4.79 Å². The van der Waals surface area contributed by atoms with E-state index in [4.69, 9.17) is 0 Å². The van der Waals surface area contributed by atoms with Gasteiger partial charge in [0, 0.05) is 11.1 Å². The van der Waals surface area contributed by atoms with Crippen molar-refractivity contribution in [1.29, 1.82) is 5.26 Å². The fourth-order valence-corrected chi connectivity index (χ4v) is 3.95. The Bertz CT molecular complexity index is 958. The number of hydrogen-bond donors (Lipinski definition) is 1. The first-order valence-corrected chi connectivity index (χ1v) is 9.33. The first-order valence-electron chi connectivity index (χ1n) is 7.57. The van der Waals surface area contributed by atoms with E-state index in [1.807, 2.05) is 61.0 Å². The minimum absolute atomic E-state index is 0.0330. The number of nitriles is 1. The third-order valence-electron chi connectivity index (χ3n) is 3.63. The highest BCUT2D eigenvalue weighted by Gasteiger charge is 2.13. The number of aromatic nitrogens is 1. The molecular weight excluding hydrogens is 350 g/mol. The van der Waals surface area contributed by atoms with Gasteiger partial charge in [0.15, 0.2) is 0 Å². The Morgan fingerprint density at radius 3 is 2.60 bits per heavy atom.